The van der Waals surface area contributed by atoms with E-state index in [2.05, 4.69) is 5.32 Å². The summed E-state index contributed by atoms with van der Waals surface area (Å²) in [6, 6.07) is -2.30. The number of rotatable bonds is 5. The van der Waals surface area contributed by atoms with E-state index in [1.165, 1.54) is 4.90 Å². The molecule has 0 radical (unpaired) electrons. The van der Waals surface area contributed by atoms with Crippen LogP contribution in [0.15, 0.2) is 0 Å². The number of nitrogens with zero attached hydrogens (tertiary/aromatic N) is 1. The van der Waals surface area contributed by atoms with Crippen molar-refractivity contribution in [3.8, 4) is 0 Å². The average molecular weight is 327 g/mol. The van der Waals surface area contributed by atoms with Crippen LogP contribution in [0.25, 0.3) is 0 Å². The van der Waals surface area contributed by atoms with Crippen LogP contribution in [0.4, 0.5) is 0 Å². The van der Waals surface area contributed by atoms with Crippen molar-refractivity contribution in [2.45, 2.75) is 65.6 Å². The fourth-order valence-corrected chi connectivity index (χ4v) is 2.67. The highest BCUT2D eigenvalue weighted by atomic mass is 16.4. The molecular weight excluding hydrogens is 298 g/mol. The Morgan fingerprint density at radius 2 is 1.83 bits per heavy atom. The maximum atomic E-state index is 12.5. The number of carboxylic acid groups (broad SMARTS) is 1. The Morgan fingerprint density at radius 3 is 2.26 bits per heavy atom. The number of likely N-dealkylation sites (tertiary alicyclic amines) is 1. The first-order chi connectivity index (χ1) is 10.5. The first-order valence-electron chi connectivity index (χ1n) is 8.06. The third-order valence-electron chi connectivity index (χ3n) is 4.24. The lowest BCUT2D eigenvalue weighted by Gasteiger charge is -2.32. The van der Waals surface area contributed by atoms with Gasteiger partial charge in [0.25, 0.3) is 0 Å². The molecule has 7 nitrogen and oxygen atoms in total. The van der Waals surface area contributed by atoms with Crippen LogP contribution in [0.2, 0.25) is 0 Å². The van der Waals surface area contributed by atoms with Gasteiger partial charge >= 0.3 is 5.97 Å². The molecule has 3 atom stereocenters. The molecule has 132 valence electrons. The van der Waals surface area contributed by atoms with Crippen LogP contribution in [-0.2, 0) is 14.4 Å². The SMILES string of the molecule is CC(C)[C@H](N)C(=O)N1CCC[C@H]1C(=O)N[C@H](C(=O)O)C(C)(C)C. The number of nitrogens with two attached hydrogens (primary N) is 1. The Hall–Kier alpha value is -1.63. The predicted molar refractivity (Wildman–Crippen MR) is 86.6 cm³/mol. The lowest BCUT2D eigenvalue weighted by Crippen LogP contribution is -2.57. The van der Waals surface area contributed by atoms with Gasteiger partial charge in [-0.3, -0.25) is 9.59 Å². The van der Waals surface area contributed by atoms with Crippen LogP contribution < -0.4 is 11.1 Å². The van der Waals surface area contributed by atoms with Crippen LogP contribution in [0.3, 0.4) is 0 Å². The highest BCUT2D eigenvalue weighted by Crippen LogP contribution is 2.23. The molecule has 4 N–H and O–H groups in total. The van der Waals surface area contributed by atoms with Crippen molar-refractivity contribution < 1.29 is 19.5 Å². The molecule has 0 aliphatic carbocycles. The van der Waals surface area contributed by atoms with Crippen LogP contribution in [0.1, 0.15) is 47.5 Å². The van der Waals surface area contributed by atoms with Crippen LogP contribution in [-0.4, -0.2) is 52.5 Å². The van der Waals surface area contributed by atoms with Crippen molar-refractivity contribution in [2.24, 2.45) is 17.1 Å². The van der Waals surface area contributed by atoms with Crippen molar-refractivity contribution in [2.75, 3.05) is 6.54 Å². The molecule has 0 saturated carbocycles. The van der Waals surface area contributed by atoms with Crippen molar-refractivity contribution in [3.63, 3.8) is 0 Å². The number of carbonyl (C=O) groups excluding carboxylic acids is 2. The van der Waals surface area contributed by atoms with E-state index in [1.54, 1.807) is 20.8 Å². The number of hydrogen-bond acceptors (Lipinski definition) is 4. The second kappa shape index (κ2) is 7.29. The molecule has 0 aromatic heterocycles. The van der Waals surface area contributed by atoms with Gasteiger partial charge in [0, 0.05) is 6.54 Å². The number of amides is 2. The molecule has 0 bridgehead atoms. The fraction of sp³-hybridized carbons (Fsp3) is 0.812. The van der Waals surface area contributed by atoms with E-state index in [0.29, 0.717) is 19.4 Å². The van der Waals surface area contributed by atoms with Crippen molar-refractivity contribution in [1.82, 2.24) is 10.2 Å². The van der Waals surface area contributed by atoms with Crippen LogP contribution in [0, 0.1) is 11.3 Å². The molecule has 2 amide bonds. The van der Waals surface area contributed by atoms with E-state index < -0.39 is 35.4 Å². The molecule has 1 fully saturated rings. The monoisotopic (exact) mass is 327 g/mol. The molecular formula is C16H29N3O4. The summed E-state index contributed by atoms with van der Waals surface area (Å²) < 4.78 is 0. The van der Waals surface area contributed by atoms with Gasteiger partial charge < -0.3 is 21.1 Å². The van der Waals surface area contributed by atoms with Gasteiger partial charge in [-0.1, -0.05) is 34.6 Å². The highest BCUT2D eigenvalue weighted by molar-refractivity contribution is 5.92. The third-order valence-corrected chi connectivity index (χ3v) is 4.24. The zero-order valence-corrected chi connectivity index (χ0v) is 14.6. The number of nitrogens with one attached hydrogen (secondary N) is 1. The summed E-state index contributed by atoms with van der Waals surface area (Å²) in [6.45, 7) is 9.43. The van der Waals surface area contributed by atoms with Crippen molar-refractivity contribution in [1.29, 1.82) is 0 Å². The van der Waals surface area contributed by atoms with Crippen LogP contribution in [0.5, 0.6) is 0 Å². The summed E-state index contributed by atoms with van der Waals surface area (Å²) >= 11 is 0. The quantitative estimate of drug-likeness (QED) is 0.683. The normalized spacial score (nSPS) is 21.2. The van der Waals surface area contributed by atoms with Gasteiger partial charge in [0.15, 0.2) is 0 Å². The molecule has 23 heavy (non-hydrogen) atoms. The maximum Gasteiger partial charge on any atom is 0.326 e. The Balaban J connectivity index is 2.86. The van der Waals surface area contributed by atoms with E-state index in [9.17, 15) is 19.5 Å². The molecule has 1 heterocycles. The third kappa shape index (κ3) is 4.67. The minimum absolute atomic E-state index is 0.0202. The lowest BCUT2D eigenvalue weighted by atomic mass is 9.86. The standard InChI is InChI=1S/C16H29N3O4/c1-9(2)11(17)14(21)19-8-6-7-10(19)13(20)18-12(15(22)23)16(3,4)5/h9-12H,6-8,17H2,1-5H3,(H,18,20)(H,22,23)/t10-,11-,12+/m0/s1. The van der Waals surface area contributed by atoms with Gasteiger partial charge in [-0.15, -0.1) is 0 Å². The molecule has 1 aliphatic rings. The first kappa shape index (κ1) is 19.4. The molecule has 0 aromatic rings. The van der Waals surface area contributed by atoms with E-state index in [-0.39, 0.29) is 11.8 Å². The maximum absolute atomic E-state index is 12.5. The summed E-state index contributed by atoms with van der Waals surface area (Å²) in [5.74, 6) is -1.77. The minimum atomic E-state index is -1.08. The summed E-state index contributed by atoms with van der Waals surface area (Å²) in [7, 11) is 0. The lowest BCUT2D eigenvalue weighted by molar-refractivity contribution is -0.146. The van der Waals surface area contributed by atoms with Gasteiger partial charge in [-0.2, -0.15) is 0 Å². The van der Waals surface area contributed by atoms with Gasteiger partial charge in [-0.25, -0.2) is 4.79 Å². The molecule has 1 aliphatic heterocycles. The van der Waals surface area contributed by atoms with E-state index in [1.807, 2.05) is 13.8 Å². The largest absolute Gasteiger partial charge is 0.480 e. The topological polar surface area (TPSA) is 113 Å². The van der Waals surface area contributed by atoms with Crippen molar-refractivity contribution >= 4 is 17.8 Å². The van der Waals surface area contributed by atoms with Gasteiger partial charge in [0.1, 0.15) is 12.1 Å². The Morgan fingerprint density at radius 1 is 1.26 bits per heavy atom. The summed E-state index contributed by atoms with van der Waals surface area (Å²) in [5, 5.41) is 11.9. The molecule has 0 aromatic carbocycles. The first-order valence-corrected chi connectivity index (χ1v) is 8.06. The molecule has 0 spiro atoms. The van der Waals surface area contributed by atoms with Gasteiger partial charge in [0.05, 0.1) is 6.04 Å². The van der Waals surface area contributed by atoms with E-state index in [0.717, 1.165) is 0 Å². The summed E-state index contributed by atoms with van der Waals surface area (Å²) in [4.78, 5) is 37.8. The second-order valence-corrected chi connectivity index (χ2v) is 7.61. The van der Waals surface area contributed by atoms with E-state index >= 15 is 0 Å². The molecule has 7 heteroatoms. The Labute approximate surface area is 137 Å². The second-order valence-electron chi connectivity index (χ2n) is 7.61. The Kier molecular flexibility index (Phi) is 6.16. The van der Waals surface area contributed by atoms with Crippen molar-refractivity contribution in [3.05, 3.63) is 0 Å². The summed E-state index contributed by atoms with van der Waals surface area (Å²) in [6.07, 6.45) is 1.24. The number of aliphatic carboxylic acids is 1. The smallest absolute Gasteiger partial charge is 0.326 e. The summed E-state index contributed by atoms with van der Waals surface area (Å²) in [5.41, 5.74) is 5.28. The Bertz CT molecular complexity index is 470. The highest BCUT2D eigenvalue weighted by Gasteiger charge is 2.40. The number of carbonyl (C=O) groups is 3. The number of carboxylic acids is 1. The zero-order chi connectivity index (χ0) is 17.9. The molecule has 1 rings (SSSR count). The number of hydrogen-bond donors (Lipinski definition) is 3. The minimum Gasteiger partial charge on any atom is -0.480 e. The predicted octanol–water partition coefficient (Wildman–Crippen LogP) is 0.576. The van der Waals surface area contributed by atoms with E-state index in [4.69, 9.17) is 5.73 Å². The van der Waals surface area contributed by atoms with Gasteiger partial charge in [0.2, 0.25) is 11.8 Å². The average Bonchev–Trinajstić information content (AvgIpc) is 2.90. The van der Waals surface area contributed by atoms with Gasteiger partial charge in [-0.05, 0) is 24.2 Å². The zero-order valence-electron chi connectivity index (χ0n) is 14.6. The van der Waals surface area contributed by atoms with Crippen LogP contribution >= 0.6 is 0 Å². The fourth-order valence-electron chi connectivity index (χ4n) is 2.67. The molecule has 1 saturated heterocycles. The molecule has 0 unspecified atom stereocenters.